The second-order valence-electron chi connectivity index (χ2n) is 6.67. The van der Waals surface area contributed by atoms with Crippen LogP contribution < -0.4 is 0 Å². The van der Waals surface area contributed by atoms with Crippen molar-refractivity contribution in [3.05, 3.63) is 41.9 Å². The monoisotopic (exact) mass is 381 g/mol. The molecular weight excluding hydrogens is 358 g/mol. The van der Waals surface area contributed by atoms with E-state index in [1.807, 2.05) is 43.0 Å². The number of hydrogen-bond acceptors (Lipinski definition) is 5. The number of para-hydroxylation sites is 1. The largest absolute Gasteiger partial charge is 0.316 e. The van der Waals surface area contributed by atoms with E-state index in [0.29, 0.717) is 23.3 Å². The lowest BCUT2D eigenvalue weighted by atomic mass is 10.0. The third kappa shape index (κ3) is 3.56. The Morgan fingerprint density at radius 3 is 2.89 bits per heavy atom. The molecule has 1 aromatic carbocycles. The molecule has 6 nitrogen and oxygen atoms in total. The maximum atomic E-state index is 12.8. The molecule has 0 aliphatic heterocycles. The highest BCUT2D eigenvalue weighted by molar-refractivity contribution is 7.99. The van der Waals surface area contributed by atoms with Crippen LogP contribution in [0.4, 0.5) is 0 Å². The first-order valence-electron chi connectivity index (χ1n) is 9.41. The maximum absolute atomic E-state index is 12.8. The molecule has 27 heavy (non-hydrogen) atoms. The summed E-state index contributed by atoms with van der Waals surface area (Å²) in [6.45, 7) is 4.61. The molecule has 7 heteroatoms. The summed E-state index contributed by atoms with van der Waals surface area (Å²) in [5.41, 5.74) is 2.83. The highest BCUT2D eigenvalue weighted by Crippen LogP contribution is 2.26. The molecule has 140 valence electrons. The molecule has 1 amide bonds. The molecule has 0 spiro atoms. The Morgan fingerprint density at radius 2 is 2.11 bits per heavy atom. The minimum absolute atomic E-state index is 0.121. The average molecular weight is 382 g/mol. The molecule has 1 aliphatic carbocycles. The lowest BCUT2D eigenvalue weighted by Crippen LogP contribution is -2.32. The molecule has 2 aromatic heterocycles. The summed E-state index contributed by atoms with van der Waals surface area (Å²) >= 11 is 1.42. The zero-order valence-corrected chi connectivity index (χ0v) is 16.5. The molecular formula is C20H23N5OS. The third-order valence-corrected chi connectivity index (χ3v) is 5.72. The van der Waals surface area contributed by atoms with Crippen LogP contribution in [0.5, 0.6) is 0 Å². The van der Waals surface area contributed by atoms with Gasteiger partial charge in [-0.05, 0) is 51.7 Å². The van der Waals surface area contributed by atoms with E-state index in [0.717, 1.165) is 35.8 Å². The van der Waals surface area contributed by atoms with Crippen molar-refractivity contribution in [2.45, 2.75) is 44.7 Å². The summed E-state index contributed by atoms with van der Waals surface area (Å²) in [5.74, 6) is 1.16. The molecule has 0 saturated heterocycles. The minimum Gasteiger partial charge on any atom is -0.316 e. The Balaban J connectivity index is 1.61. The number of thioether (sulfide) groups is 1. The van der Waals surface area contributed by atoms with Gasteiger partial charge in [-0.15, -0.1) is 5.10 Å². The zero-order valence-electron chi connectivity index (χ0n) is 15.7. The van der Waals surface area contributed by atoms with Crippen molar-refractivity contribution in [3.63, 3.8) is 0 Å². The first-order valence-corrected chi connectivity index (χ1v) is 10.4. The van der Waals surface area contributed by atoms with Crippen LogP contribution in [0, 0.1) is 6.92 Å². The van der Waals surface area contributed by atoms with Gasteiger partial charge in [0.05, 0.1) is 11.3 Å². The molecule has 4 rings (SSSR count). The van der Waals surface area contributed by atoms with Crippen molar-refractivity contribution < 1.29 is 4.79 Å². The van der Waals surface area contributed by atoms with Crippen molar-refractivity contribution in [1.82, 2.24) is 24.5 Å². The SMILES string of the molecule is CCN(C(=O)CSc1nc2ccccc2c2nc(C)nn12)C1=CCCCC1. The molecule has 3 aromatic rings. The Labute approximate surface area is 162 Å². The number of hydrogen-bond donors (Lipinski definition) is 0. The Kier molecular flexibility index (Phi) is 5.11. The number of nitrogens with zero attached hydrogens (tertiary/aromatic N) is 5. The van der Waals surface area contributed by atoms with E-state index < -0.39 is 0 Å². The highest BCUT2D eigenvalue weighted by Gasteiger charge is 2.20. The molecule has 0 fully saturated rings. The third-order valence-electron chi connectivity index (χ3n) is 4.81. The maximum Gasteiger partial charge on any atom is 0.237 e. The molecule has 0 saturated carbocycles. The fourth-order valence-electron chi connectivity index (χ4n) is 3.54. The second-order valence-corrected chi connectivity index (χ2v) is 7.62. The molecule has 0 unspecified atom stereocenters. The van der Waals surface area contributed by atoms with E-state index in [1.54, 1.807) is 4.52 Å². The van der Waals surface area contributed by atoms with E-state index in [2.05, 4.69) is 16.2 Å². The topological polar surface area (TPSA) is 63.4 Å². The fourth-order valence-corrected chi connectivity index (χ4v) is 4.36. The van der Waals surface area contributed by atoms with Gasteiger partial charge in [0, 0.05) is 17.6 Å². The van der Waals surface area contributed by atoms with Gasteiger partial charge in [0.25, 0.3) is 0 Å². The predicted octanol–water partition coefficient (Wildman–Crippen LogP) is 3.98. The van der Waals surface area contributed by atoms with Crippen LogP contribution in [-0.2, 0) is 4.79 Å². The van der Waals surface area contributed by atoms with E-state index in [4.69, 9.17) is 4.98 Å². The summed E-state index contributed by atoms with van der Waals surface area (Å²) in [5, 5.41) is 6.15. The number of fused-ring (bicyclic) bond motifs is 3. The quantitative estimate of drug-likeness (QED) is 0.494. The number of aromatic nitrogens is 4. The van der Waals surface area contributed by atoms with Crippen LogP contribution in [0.25, 0.3) is 16.6 Å². The van der Waals surface area contributed by atoms with Gasteiger partial charge in [-0.25, -0.2) is 9.97 Å². The van der Waals surface area contributed by atoms with Crippen LogP contribution in [0.1, 0.15) is 38.4 Å². The Hall–Kier alpha value is -2.41. The van der Waals surface area contributed by atoms with Crippen LogP contribution in [0.2, 0.25) is 0 Å². The summed E-state index contributed by atoms with van der Waals surface area (Å²) in [6, 6.07) is 7.90. The zero-order chi connectivity index (χ0) is 18.8. The van der Waals surface area contributed by atoms with Crippen LogP contribution in [-0.4, -0.2) is 42.7 Å². The average Bonchev–Trinajstić information content (AvgIpc) is 3.09. The van der Waals surface area contributed by atoms with Gasteiger partial charge in [0.2, 0.25) is 5.91 Å². The van der Waals surface area contributed by atoms with Gasteiger partial charge in [-0.2, -0.15) is 4.52 Å². The van der Waals surface area contributed by atoms with Crippen molar-refractivity contribution in [3.8, 4) is 0 Å². The Morgan fingerprint density at radius 1 is 1.26 bits per heavy atom. The molecule has 1 aliphatic rings. The fraction of sp³-hybridized carbons (Fsp3) is 0.400. The molecule has 0 radical (unpaired) electrons. The molecule has 0 atom stereocenters. The predicted molar refractivity (Wildman–Crippen MR) is 108 cm³/mol. The van der Waals surface area contributed by atoms with Gasteiger partial charge in [-0.1, -0.05) is 30.0 Å². The minimum atomic E-state index is 0.121. The standard InChI is InChI=1S/C20H23N5OS/c1-3-24(15-9-5-4-6-10-15)18(26)13-27-20-22-17-12-8-7-11-16(17)19-21-14(2)23-25(19)20/h7-9,11-12H,3-6,10,13H2,1-2H3. The Bertz CT molecular complexity index is 1030. The van der Waals surface area contributed by atoms with Gasteiger partial charge in [-0.3, -0.25) is 4.79 Å². The van der Waals surface area contributed by atoms with Crippen molar-refractivity contribution >= 4 is 34.2 Å². The number of amides is 1. The van der Waals surface area contributed by atoms with E-state index in [1.165, 1.54) is 23.9 Å². The summed E-state index contributed by atoms with van der Waals surface area (Å²) in [6.07, 6.45) is 6.65. The lowest BCUT2D eigenvalue weighted by molar-refractivity contribution is -0.126. The number of rotatable bonds is 5. The number of benzene rings is 1. The van der Waals surface area contributed by atoms with Crippen LogP contribution in [0.3, 0.4) is 0 Å². The van der Waals surface area contributed by atoms with Gasteiger partial charge in [0.15, 0.2) is 10.8 Å². The van der Waals surface area contributed by atoms with Crippen molar-refractivity contribution in [2.75, 3.05) is 12.3 Å². The molecule has 0 bridgehead atoms. The highest BCUT2D eigenvalue weighted by atomic mass is 32.2. The number of carbonyl (C=O) groups is 1. The van der Waals surface area contributed by atoms with Gasteiger partial charge in [0.1, 0.15) is 5.82 Å². The normalized spacial score (nSPS) is 14.5. The smallest absolute Gasteiger partial charge is 0.237 e. The molecule has 2 heterocycles. The number of allylic oxidation sites excluding steroid dienone is 2. The summed E-state index contributed by atoms with van der Waals surface area (Å²) in [4.78, 5) is 24.0. The summed E-state index contributed by atoms with van der Waals surface area (Å²) < 4.78 is 1.76. The number of carbonyl (C=O) groups excluding carboxylic acids is 1. The number of aryl methyl sites for hydroxylation is 1. The van der Waals surface area contributed by atoms with E-state index in [9.17, 15) is 4.79 Å². The lowest BCUT2D eigenvalue weighted by Gasteiger charge is -2.26. The van der Waals surface area contributed by atoms with Gasteiger partial charge >= 0.3 is 0 Å². The van der Waals surface area contributed by atoms with Crippen LogP contribution in [0.15, 0.2) is 41.2 Å². The molecule has 0 N–H and O–H groups in total. The van der Waals surface area contributed by atoms with Gasteiger partial charge < -0.3 is 4.90 Å². The van der Waals surface area contributed by atoms with E-state index in [-0.39, 0.29) is 5.91 Å². The first-order chi connectivity index (χ1) is 13.2. The van der Waals surface area contributed by atoms with Crippen molar-refractivity contribution in [1.29, 1.82) is 0 Å². The van der Waals surface area contributed by atoms with Crippen molar-refractivity contribution in [2.24, 2.45) is 0 Å². The second kappa shape index (κ2) is 7.68. The summed E-state index contributed by atoms with van der Waals surface area (Å²) in [7, 11) is 0. The van der Waals surface area contributed by atoms with Crippen LogP contribution >= 0.6 is 11.8 Å². The van der Waals surface area contributed by atoms with E-state index >= 15 is 0 Å². The first kappa shape index (κ1) is 18.0.